The molecule has 0 amide bonds. The highest BCUT2D eigenvalue weighted by Crippen LogP contribution is 2.18. The van der Waals surface area contributed by atoms with Crippen molar-refractivity contribution in [3.63, 3.8) is 0 Å². The zero-order valence-electron chi connectivity index (χ0n) is 12.0. The molecule has 1 aromatic carbocycles. The Bertz CT molecular complexity index is 615. The van der Waals surface area contributed by atoms with Gasteiger partial charge in [-0.3, -0.25) is 0 Å². The van der Waals surface area contributed by atoms with Crippen molar-refractivity contribution in [2.75, 3.05) is 6.61 Å². The third-order valence-corrected chi connectivity index (χ3v) is 3.27. The van der Waals surface area contributed by atoms with Gasteiger partial charge in [-0.05, 0) is 45.0 Å². The number of carbonyl (C=O) groups is 1. The van der Waals surface area contributed by atoms with Gasteiger partial charge >= 0.3 is 5.97 Å². The standard InChI is InChI=1S/C15H19N3O2/c1-4-20-15(19)12-5-7-13(8-6-12)18-11(3)14(9-16)10(2)17-18/h5-8H,4,9,16H2,1-3H3. The molecule has 0 aliphatic carbocycles. The van der Waals surface area contributed by atoms with Crippen LogP contribution in [-0.4, -0.2) is 22.4 Å². The number of aromatic nitrogens is 2. The average Bonchev–Trinajstić information content (AvgIpc) is 2.74. The SMILES string of the molecule is CCOC(=O)c1ccc(-n2nc(C)c(CN)c2C)cc1. The van der Waals surface area contributed by atoms with Crippen molar-refractivity contribution in [1.29, 1.82) is 0 Å². The van der Waals surface area contributed by atoms with Gasteiger partial charge in [0, 0.05) is 17.8 Å². The molecular formula is C15H19N3O2. The van der Waals surface area contributed by atoms with Gasteiger partial charge in [0.25, 0.3) is 0 Å². The Morgan fingerprint density at radius 2 is 1.95 bits per heavy atom. The Morgan fingerprint density at radius 1 is 1.30 bits per heavy atom. The zero-order chi connectivity index (χ0) is 14.7. The number of benzene rings is 1. The lowest BCUT2D eigenvalue weighted by molar-refractivity contribution is 0.0526. The second kappa shape index (κ2) is 5.88. The van der Waals surface area contributed by atoms with Crippen LogP contribution in [0, 0.1) is 13.8 Å². The Morgan fingerprint density at radius 3 is 2.45 bits per heavy atom. The van der Waals surface area contributed by atoms with Crippen molar-refractivity contribution in [2.45, 2.75) is 27.3 Å². The molecular weight excluding hydrogens is 254 g/mol. The summed E-state index contributed by atoms with van der Waals surface area (Å²) in [5.74, 6) is -0.310. The Balaban J connectivity index is 2.33. The van der Waals surface area contributed by atoms with Crippen molar-refractivity contribution in [2.24, 2.45) is 5.73 Å². The van der Waals surface area contributed by atoms with Crippen molar-refractivity contribution >= 4 is 5.97 Å². The monoisotopic (exact) mass is 273 g/mol. The van der Waals surface area contributed by atoms with Gasteiger partial charge in [-0.1, -0.05) is 0 Å². The fourth-order valence-corrected chi connectivity index (χ4v) is 2.17. The number of hydrogen-bond acceptors (Lipinski definition) is 4. The predicted molar refractivity (Wildman–Crippen MR) is 76.9 cm³/mol. The quantitative estimate of drug-likeness (QED) is 0.866. The number of nitrogens with two attached hydrogens (primary N) is 1. The molecule has 0 radical (unpaired) electrons. The minimum absolute atomic E-state index is 0.310. The van der Waals surface area contributed by atoms with E-state index in [1.807, 2.05) is 30.7 Å². The van der Waals surface area contributed by atoms with E-state index >= 15 is 0 Å². The molecule has 0 atom stereocenters. The number of nitrogens with zero attached hydrogens (tertiary/aromatic N) is 2. The summed E-state index contributed by atoms with van der Waals surface area (Å²) in [5.41, 5.74) is 10.2. The van der Waals surface area contributed by atoms with Crippen molar-refractivity contribution in [1.82, 2.24) is 9.78 Å². The summed E-state index contributed by atoms with van der Waals surface area (Å²) >= 11 is 0. The number of aryl methyl sites for hydroxylation is 1. The number of hydrogen-bond donors (Lipinski definition) is 1. The molecule has 1 aromatic heterocycles. The summed E-state index contributed by atoms with van der Waals surface area (Å²) in [6.45, 7) is 6.56. The molecule has 2 N–H and O–H groups in total. The highest BCUT2D eigenvalue weighted by Gasteiger charge is 2.12. The number of ether oxygens (including phenoxy) is 1. The van der Waals surface area contributed by atoms with Gasteiger partial charge in [0.05, 0.1) is 23.6 Å². The fourth-order valence-electron chi connectivity index (χ4n) is 2.17. The summed E-state index contributed by atoms with van der Waals surface area (Å²) in [6.07, 6.45) is 0. The molecule has 5 heteroatoms. The predicted octanol–water partition coefficient (Wildman–Crippen LogP) is 2.12. The average molecular weight is 273 g/mol. The summed E-state index contributed by atoms with van der Waals surface area (Å²) in [7, 11) is 0. The summed E-state index contributed by atoms with van der Waals surface area (Å²) in [4.78, 5) is 11.6. The first-order valence-electron chi connectivity index (χ1n) is 6.61. The molecule has 0 spiro atoms. The molecule has 0 aliphatic rings. The lowest BCUT2D eigenvalue weighted by atomic mass is 10.2. The second-order valence-corrected chi connectivity index (χ2v) is 4.53. The molecule has 0 saturated carbocycles. The van der Waals surface area contributed by atoms with Gasteiger partial charge in [-0.2, -0.15) is 5.10 Å². The Kier molecular flexibility index (Phi) is 4.20. The lowest BCUT2D eigenvalue weighted by Crippen LogP contribution is -2.06. The Labute approximate surface area is 118 Å². The van der Waals surface area contributed by atoms with E-state index in [4.69, 9.17) is 10.5 Å². The van der Waals surface area contributed by atoms with Gasteiger partial charge in [-0.25, -0.2) is 9.48 Å². The molecule has 106 valence electrons. The third kappa shape index (κ3) is 2.58. The van der Waals surface area contributed by atoms with E-state index < -0.39 is 0 Å². The molecule has 0 unspecified atom stereocenters. The van der Waals surface area contributed by atoms with Crippen LogP contribution in [0.15, 0.2) is 24.3 Å². The summed E-state index contributed by atoms with van der Waals surface area (Å²) in [5, 5.41) is 4.48. The van der Waals surface area contributed by atoms with Crippen LogP contribution in [0.25, 0.3) is 5.69 Å². The van der Waals surface area contributed by atoms with Crippen LogP contribution in [0.1, 0.15) is 34.2 Å². The molecule has 20 heavy (non-hydrogen) atoms. The molecule has 5 nitrogen and oxygen atoms in total. The van der Waals surface area contributed by atoms with E-state index in [0.29, 0.717) is 18.7 Å². The van der Waals surface area contributed by atoms with Crippen LogP contribution >= 0.6 is 0 Å². The molecule has 0 bridgehead atoms. The second-order valence-electron chi connectivity index (χ2n) is 4.53. The maximum Gasteiger partial charge on any atom is 0.338 e. The molecule has 0 saturated heterocycles. The Hall–Kier alpha value is -2.14. The molecule has 0 fully saturated rings. The first-order valence-corrected chi connectivity index (χ1v) is 6.61. The van der Waals surface area contributed by atoms with E-state index in [2.05, 4.69) is 5.10 Å². The summed E-state index contributed by atoms with van der Waals surface area (Å²) in [6, 6.07) is 7.19. The first-order chi connectivity index (χ1) is 9.58. The molecule has 2 rings (SSSR count). The van der Waals surface area contributed by atoms with E-state index in [0.717, 1.165) is 22.6 Å². The normalized spacial score (nSPS) is 10.6. The summed E-state index contributed by atoms with van der Waals surface area (Å²) < 4.78 is 6.80. The zero-order valence-corrected chi connectivity index (χ0v) is 12.0. The van der Waals surface area contributed by atoms with E-state index in [1.165, 1.54) is 0 Å². The number of rotatable bonds is 4. The van der Waals surface area contributed by atoms with Crippen LogP contribution in [0.2, 0.25) is 0 Å². The van der Waals surface area contributed by atoms with E-state index in [1.54, 1.807) is 19.1 Å². The van der Waals surface area contributed by atoms with Crippen molar-refractivity contribution in [3.8, 4) is 5.69 Å². The number of esters is 1. The highest BCUT2D eigenvalue weighted by molar-refractivity contribution is 5.89. The van der Waals surface area contributed by atoms with Crippen LogP contribution in [0.4, 0.5) is 0 Å². The van der Waals surface area contributed by atoms with E-state index in [9.17, 15) is 4.79 Å². The van der Waals surface area contributed by atoms with Gasteiger partial charge in [0.15, 0.2) is 0 Å². The van der Waals surface area contributed by atoms with Gasteiger partial charge in [0.1, 0.15) is 0 Å². The molecule has 1 heterocycles. The third-order valence-electron chi connectivity index (χ3n) is 3.27. The topological polar surface area (TPSA) is 70.1 Å². The van der Waals surface area contributed by atoms with Gasteiger partial charge in [-0.15, -0.1) is 0 Å². The van der Waals surface area contributed by atoms with Crippen LogP contribution in [0.5, 0.6) is 0 Å². The smallest absolute Gasteiger partial charge is 0.338 e. The maximum atomic E-state index is 11.6. The van der Waals surface area contributed by atoms with Gasteiger partial charge in [0.2, 0.25) is 0 Å². The number of carbonyl (C=O) groups excluding carboxylic acids is 1. The minimum atomic E-state index is -0.310. The highest BCUT2D eigenvalue weighted by atomic mass is 16.5. The van der Waals surface area contributed by atoms with Crippen LogP contribution in [-0.2, 0) is 11.3 Å². The van der Waals surface area contributed by atoms with Gasteiger partial charge < -0.3 is 10.5 Å². The lowest BCUT2D eigenvalue weighted by Gasteiger charge is -2.06. The molecule has 0 aliphatic heterocycles. The van der Waals surface area contributed by atoms with Crippen LogP contribution < -0.4 is 5.73 Å². The van der Waals surface area contributed by atoms with Crippen LogP contribution in [0.3, 0.4) is 0 Å². The first kappa shape index (κ1) is 14.3. The minimum Gasteiger partial charge on any atom is -0.462 e. The largest absolute Gasteiger partial charge is 0.462 e. The van der Waals surface area contributed by atoms with E-state index in [-0.39, 0.29) is 5.97 Å². The molecule has 2 aromatic rings. The fraction of sp³-hybridized carbons (Fsp3) is 0.333. The van der Waals surface area contributed by atoms with Crippen molar-refractivity contribution in [3.05, 3.63) is 46.8 Å². The van der Waals surface area contributed by atoms with Crippen molar-refractivity contribution < 1.29 is 9.53 Å². The maximum absolute atomic E-state index is 11.6.